The Morgan fingerprint density at radius 1 is 1.44 bits per heavy atom. The Kier molecular flexibility index (Phi) is 5.59. The number of rotatable bonds is 4. The highest BCUT2D eigenvalue weighted by molar-refractivity contribution is 9.13. The minimum absolute atomic E-state index is 0.0790. The monoisotopic (exact) mass is 440 g/mol. The normalized spacial score (nSPS) is 14.4. The first-order valence-electron chi connectivity index (χ1n) is 4.58. The van der Waals surface area contributed by atoms with Crippen LogP contribution in [0.3, 0.4) is 0 Å². The maximum absolute atomic E-state index is 10.8. The third-order valence-electron chi connectivity index (χ3n) is 2.10. The number of phosphoric ester groups is 1. The average Bonchev–Trinajstić information content (AvgIpc) is 2.17. The van der Waals surface area contributed by atoms with Gasteiger partial charge in [-0.3, -0.25) is 9.79 Å². The maximum Gasteiger partial charge on any atom is 0.524 e. The Morgan fingerprint density at radius 2 is 2.00 bits per heavy atom. The van der Waals surface area contributed by atoms with Gasteiger partial charge in [-0.25, -0.2) is 4.57 Å². The van der Waals surface area contributed by atoms with Crippen LogP contribution in [0.1, 0.15) is 16.0 Å². The molecule has 0 aliphatic carbocycles. The first-order valence-corrected chi connectivity index (χ1v) is 8.57. The lowest BCUT2D eigenvalue weighted by Gasteiger charge is -2.22. The van der Waals surface area contributed by atoms with Crippen molar-refractivity contribution in [1.29, 1.82) is 0 Å². The molecule has 0 spiro atoms. The van der Waals surface area contributed by atoms with Gasteiger partial charge in [-0.2, -0.15) is 0 Å². The second-order valence-corrected chi connectivity index (χ2v) is 9.09. The van der Waals surface area contributed by atoms with E-state index in [1.807, 2.05) is 0 Å². The summed E-state index contributed by atoms with van der Waals surface area (Å²) in [6.45, 7) is 1.65. The quantitative estimate of drug-likeness (QED) is 0.535. The molecule has 0 aromatic heterocycles. The van der Waals surface area contributed by atoms with Crippen LogP contribution in [0.5, 0.6) is 5.75 Å². The van der Waals surface area contributed by atoms with Gasteiger partial charge in [0.1, 0.15) is 5.75 Å². The Hall–Kier alpha value is 0.710. The highest BCUT2D eigenvalue weighted by Gasteiger charge is 2.33. The summed E-state index contributed by atoms with van der Waals surface area (Å²) < 4.78 is 14.2. The minimum atomic E-state index is -4.60. The zero-order chi connectivity index (χ0) is 14.1. The molecule has 0 saturated heterocycles. The van der Waals surface area contributed by atoms with E-state index in [1.165, 1.54) is 6.07 Å². The molecule has 9 heteroatoms. The van der Waals surface area contributed by atoms with E-state index in [1.54, 1.807) is 19.1 Å². The molecular weight excluding hydrogens is 434 g/mol. The Bertz CT molecular complexity index is 486. The van der Waals surface area contributed by atoms with Gasteiger partial charge < -0.3 is 4.52 Å². The molecule has 1 atom stereocenters. The fourth-order valence-electron chi connectivity index (χ4n) is 1.31. The molecule has 0 radical (unpaired) electrons. The van der Waals surface area contributed by atoms with Crippen molar-refractivity contribution in [2.24, 2.45) is 0 Å². The third kappa shape index (κ3) is 4.67. The molecule has 2 N–H and O–H groups in total. The van der Waals surface area contributed by atoms with Crippen molar-refractivity contribution >= 4 is 62.9 Å². The summed E-state index contributed by atoms with van der Waals surface area (Å²) in [7, 11) is -4.60. The molecular formula is C9H9Br2Cl2O4P. The van der Waals surface area contributed by atoms with Crippen LogP contribution >= 0.6 is 62.9 Å². The van der Waals surface area contributed by atoms with Crippen LogP contribution in [-0.2, 0) is 4.57 Å². The zero-order valence-corrected chi connectivity index (χ0v) is 14.6. The summed E-state index contributed by atoms with van der Waals surface area (Å²) in [6, 6.07) is 4.77. The van der Waals surface area contributed by atoms with Gasteiger partial charge in [-0.15, -0.1) is 0 Å². The minimum Gasteiger partial charge on any atom is -0.404 e. The lowest BCUT2D eigenvalue weighted by Crippen LogP contribution is -2.11. The molecule has 0 aliphatic rings. The van der Waals surface area contributed by atoms with Crippen LogP contribution < -0.4 is 4.52 Å². The predicted molar refractivity (Wildman–Crippen MR) is 78.9 cm³/mol. The summed E-state index contributed by atoms with van der Waals surface area (Å²) in [5, 5.41) is 0. The fourth-order valence-corrected chi connectivity index (χ4v) is 2.74. The van der Waals surface area contributed by atoms with E-state index in [0.717, 1.165) is 0 Å². The highest BCUT2D eigenvalue weighted by Crippen LogP contribution is 2.49. The van der Waals surface area contributed by atoms with E-state index in [2.05, 4.69) is 36.4 Å². The van der Waals surface area contributed by atoms with Crippen molar-refractivity contribution in [1.82, 2.24) is 0 Å². The van der Waals surface area contributed by atoms with Crippen molar-refractivity contribution in [3.63, 3.8) is 0 Å². The van der Waals surface area contributed by atoms with Crippen molar-refractivity contribution in [3.8, 4) is 5.75 Å². The van der Waals surface area contributed by atoms with Gasteiger partial charge in [0.05, 0.1) is 4.83 Å². The second-order valence-electron chi connectivity index (χ2n) is 3.46. The van der Waals surface area contributed by atoms with E-state index in [9.17, 15) is 4.57 Å². The first-order chi connectivity index (χ1) is 8.02. The average molecular weight is 443 g/mol. The van der Waals surface area contributed by atoms with Gasteiger partial charge in [0, 0.05) is 0 Å². The molecule has 18 heavy (non-hydrogen) atoms. The second kappa shape index (κ2) is 6.00. The van der Waals surface area contributed by atoms with Gasteiger partial charge in [0.2, 0.25) is 0 Å². The van der Waals surface area contributed by atoms with Crippen molar-refractivity contribution in [3.05, 3.63) is 29.3 Å². The molecule has 0 heterocycles. The van der Waals surface area contributed by atoms with E-state index in [0.29, 0.717) is 11.1 Å². The van der Waals surface area contributed by atoms with Gasteiger partial charge in [-0.1, -0.05) is 51.3 Å². The topological polar surface area (TPSA) is 66.8 Å². The molecule has 102 valence electrons. The Labute approximate surface area is 131 Å². The summed E-state index contributed by atoms with van der Waals surface area (Å²) in [6.07, 6.45) is 0. The summed E-state index contributed by atoms with van der Waals surface area (Å²) in [4.78, 5) is 17.1. The van der Waals surface area contributed by atoms with E-state index < -0.39 is 15.9 Å². The van der Waals surface area contributed by atoms with Crippen LogP contribution in [0, 0.1) is 6.92 Å². The Morgan fingerprint density at radius 3 is 2.44 bits per heavy atom. The van der Waals surface area contributed by atoms with E-state index in [-0.39, 0.29) is 5.75 Å². The molecule has 1 rings (SSSR count). The molecule has 0 aliphatic heterocycles. The number of hydrogen-bond donors (Lipinski definition) is 2. The maximum atomic E-state index is 10.8. The van der Waals surface area contributed by atoms with Gasteiger partial charge in [0.15, 0.2) is 3.24 Å². The first kappa shape index (κ1) is 16.8. The lowest BCUT2D eigenvalue weighted by atomic mass is 10.1. The lowest BCUT2D eigenvalue weighted by molar-refractivity contribution is 0.282. The molecule has 1 unspecified atom stereocenters. The molecule has 1 aromatic rings. The zero-order valence-electron chi connectivity index (χ0n) is 8.98. The number of phosphoric acid groups is 1. The fraction of sp³-hybridized carbons (Fsp3) is 0.333. The molecule has 0 saturated carbocycles. The number of benzene rings is 1. The summed E-state index contributed by atoms with van der Waals surface area (Å²) in [5.74, 6) is 0.0790. The molecule has 1 aromatic carbocycles. The Balaban J connectivity index is 3.18. The SMILES string of the molecule is Cc1c(OP(=O)(O)O)cccc1C(Br)C(Cl)(Cl)Br. The van der Waals surface area contributed by atoms with Crippen molar-refractivity contribution < 1.29 is 18.9 Å². The standard InChI is InChI=1S/C9H9Br2Cl2O4P/c1-5-6(8(10)9(11,12)13)3-2-4-7(5)17-18(14,15)16/h2-4,8H,1H3,(H2,14,15,16). The molecule has 0 fully saturated rings. The largest absolute Gasteiger partial charge is 0.524 e. The summed E-state index contributed by atoms with van der Waals surface area (Å²) >= 11 is 18.2. The number of hydrogen-bond acceptors (Lipinski definition) is 2. The van der Waals surface area contributed by atoms with Crippen molar-refractivity contribution in [2.75, 3.05) is 0 Å². The third-order valence-corrected chi connectivity index (χ3v) is 5.75. The van der Waals surface area contributed by atoms with Crippen LogP contribution in [0.4, 0.5) is 0 Å². The number of halogens is 4. The number of alkyl halides is 4. The highest BCUT2D eigenvalue weighted by atomic mass is 79.9. The molecule has 0 amide bonds. The van der Waals surface area contributed by atoms with E-state index >= 15 is 0 Å². The van der Waals surface area contributed by atoms with Crippen LogP contribution in [0.2, 0.25) is 0 Å². The van der Waals surface area contributed by atoms with Crippen LogP contribution in [0.25, 0.3) is 0 Å². The summed E-state index contributed by atoms with van der Waals surface area (Å²) in [5.41, 5.74) is 1.19. The van der Waals surface area contributed by atoms with Crippen molar-refractivity contribution in [2.45, 2.75) is 15.0 Å². The predicted octanol–water partition coefficient (Wildman–Crippen LogP) is 4.43. The van der Waals surface area contributed by atoms with Gasteiger partial charge >= 0.3 is 7.82 Å². The van der Waals surface area contributed by atoms with Crippen LogP contribution in [0.15, 0.2) is 18.2 Å². The molecule has 0 bridgehead atoms. The molecule has 4 nitrogen and oxygen atoms in total. The smallest absolute Gasteiger partial charge is 0.404 e. The van der Waals surface area contributed by atoms with Gasteiger partial charge in [0.25, 0.3) is 0 Å². The van der Waals surface area contributed by atoms with Crippen LogP contribution in [-0.4, -0.2) is 13.0 Å². The van der Waals surface area contributed by atoms with E-state index in [4.69, 9.17) is 33.0 Å². The van der Waals surface area contributed by atoms with Gasteiger partial charge in [-0.05, 0) is 40.0 Å².